The quantitative estimate of drug-likeness (QED) is 0.749. The maximum Gasteiger partial charge on any atom is 0.251 e. The molecule has 0 N–H and O–H groups in total. The number of carbonyl (C=O) groups excluding carboxylic acids is 1. The van der Waals surface area contributed by atoms with Crippen LogP contribution in [0, 0.1) is 0 Å². The van der Waals surface area contributed by atoms with E-state index in [-0.39, 0.29) is 12.5 Å². The third kappa shape index (κ3) is 5.14. The van der Waals surface area contributed by atoms with Crippen LogP contribution in [0.1, 0.15) is 0 Å². The highest BCUT2D eigenvalue weighted by Crippen LogP contribution is 2.23. The molecule has 2 rings (SSSR count). The summed E-state index contributed by atoms with van der Waals surface area (Å²) in [6.07, 6.45) is -2.31. The Morgan fingerprint density at radius 2 is 2.05 bits per heavy atom. The minimum Gasteiger partial charge on any atom is -0.497 e. The van der Waals surface area contributed by atoms with E-state index >= 15 is 0 Å². The Morgan fingerprint density at radius 1 is 1.32 bits per heavy atom. The van der Waals surface area contributed by atoms with Crippen LogP contribution in [-0.2, 0) is 4.79 Å². The van der Waals surface area contributed by atoms with Gasteiger partial charge in [0, 0.05) is 31.1 Å². The third-order valence-electron chi connectivity index (χ3n) is 3.52. The van der Waals surface area contributed by atoms with Crippen LogP contribution >= 0.6 is 11.8 Å². The number of methoxy groups -OCH3 is 1. The van der Waals surface area contributed by atoms with Gasteiger partial charge in [0.1, 0.15) is 5.75 Å². The maximum absolute atomic E-state index is 12.3. The topological polar surface area (TPSA) is 32.8 Å². The molecular weight excluding hydrogens is 310 g/mol. The Balaban J connectivity index is 1.76. The molecule has 1 aromatic rings. The zero-order valence-corrected chi connectivity index (χ0v) is 13.3. The van der Waals surface area contributed by atoms with E-state index in [9.17, 15) is 13.6 Å². The molecule has 0 spiro atoms. The molecule has 22 heavy (non-hydrogen) atoms. The van der Waals surface area contributed by atoms with Crippen LogP contribution in [0.5, 0.6) is 5.75 Å². The number of benzene rings is 1. The standard InChI is InChI=1S/C15H20F2N2O2S/c1-21-12-3-2-4-13(9-12)22-11-15(20)19-7-5-18(6-8-19)10-14(16)17/h2-4,9,14H,5-8,10-11H2,1H3. The van der Waals surface area contributed by atoms with Crippen molar-refractivity contribution in [3.05, 3.63) is 24.3 Å². The van der Waals surface area contributed by atoms with Gasteiger partial charge in [-0.15, -0.1) is 11.8 Å². The first-order valence-corrected chi connectivity index (χ1v) is 8.12. The lowest BCUT2D eigenvalue weighted by Gasteiger charge is -2.34. The fraction of sp³-hybridized carbons (Fsp3) is 0.533. The first-order valence-electron chi connectivity index (χ1n) is 7.13. The average Bonchev–Trinajstić information content (AvgIpc) is 2.53. The van der Waals surface area contributed by atoms with Crippen molar-refractivity contribution in [1.82, 2.24) is 9.80 Å². The number of alkyl halides is 2. The van der Waals surface area contributed by atoms with E-state index in [0.717, 1.165) is 10.6 Å². The first-order chi connectivity index (χ1) is 10.6. The summed E-state index contributed by atoms with van der Waals surface area (Å²) in [7, 11) is 1.60. The molecule has 0 aromatic heterocycles. The van der Waals surface area contributed by atoms with Gasteiger partial charge < -0.3 is 9.64 Å². The molecule has 0 unspecified atom stereocenters. The summed E-state index contributed by atoms with van der Waals surface area (Å²) in [5, 5.41) is 0. The second-order valence-electron chi connectivity index (χ2n) is 5.04. The van der Waals surface area contributed by atoms with Crippen molar-refractivity contribution in [3.8, 4) is 5.75 Å². The highest BCUT2D eigenvalue weighted by atomic mass is 32.2. The number of hydrogen-bond donors (Lipinski definition) is 0. The molecule has 0 atom stereocenters. The van der Waals surface area contributed by atoms with Gasteiger partial charge in [0.2, 0.25) is 5.91 Å². The van der Waals surface area contributed by atoms with Gasteiger partial charge >= 0.3 is 0 Å². The minimum absolute atomic E-state index is 0.0458. The van der Waals surface area contributed by atoms with Crippen LogP contribution in [0.25, 0.3) is 0 Å². The smallest absolute Gasteiger partial charge is 0.251 e. The molecule has 7 heteroatoms. The van der Waals surface area contributed by atoms with Gasteiger partial charge in [0.25, 0.3) is 6.43 Å². The summed E-state index contributed by atoms with van der Waals surface area (Å²) in [4.78, 5) is 16.6. The van der Waals surface area contributed by atoms with Crippen molar-refractivity contribution >= 4 is 17.7 Å². The van der Waals surface area contributed by atoms with Gasteiger partial charge in [-0.3, -0.25) is 9.69 Å². The molecule has 0 radical (unpaired) electrons. The highest BCUT2D eigenvalue weighted by Gasteiger charge is 2.22. The molecule has 0 saturated carbocycles. The Hall–Kier alpha value is -1.34. The molecule has 1 aliphatic rings. The van der Waals surface area contributed by atoms with E-state index in [1.165, 1.54) is 11.8 Å². The minimum atomic E-state index is -2.31. The number of thioether (sulfide) groups is 1. The average molecular weight is 330 g/mol. The fourth-order valence-corrected chi connectivity index (χ4v) is 3.15. The SMILES string of the molecule is COc1cccc(SCC(=O)N2CCN(CC(F)F)CC2)c1. The molecule has 1 aliphatic heterocycles. The van der Waals surface area contributed by atoms with E-state index in [1.54, 1.807) is 16.9 Å². The predicted molar refractivity (Wildman–Crippen MR) is 82.7 cm³/mol. The summed E-state index contributed by atoms with van der Waals surface area (Å²) in [6.45, 7) is 1.86. The van der Waals surface area contributed by atoms with E-state index in [0.29, 0.717) is 31.9 Å². The molecule has 1 saturated heterocycles. The second kappa shape index (κ2) is 8.33. The van der Waals surface area contributed by atoms with E-state index in [4.69, 9.17) is 4.74 Å². The number of carbonyl (C=O) groups is 1. The number of nitrogens with zero attached hydrogens (tertiary/aromatic N) is 2. The number of hydrogen-bond acceptors (Lipinski definition) is 4. The monoisotopic (exact) mass is 330 g/mol. The van der Waals surface area contributed by atoms with Gasteiger partial charge in [-0.1, -0.05) is 6.07 Å². The molecule has 1 heterocycles. The molecule has 1 amide bonds. The molecule has 122 valence electrons. The van der Waals surface area contributed by atoms with E-state index in [1.807, 2.05) is 24.3 Å². The lowest BCUT2D eigenvalue weighted by molar-refractivity contribution is -0.130. The van der Waals surface area contributed by atoms with Gasteiger partial charge in [0.15, 0.2) is 0 Å². The predicted octanol–water partition coefficient (Wildman–Crippen LogP) is 2.20. The van der Waals surface area contributed by atoms with Crippen molar-refractivity contribution in [2.45, 2.75) is 11.3 Å². The number of ether oxygens (including phenoxy) is 1. The summed E-state index contributed by atoms with van der Waals surface area (Å²) in [5.74, 6) is 1.16. The van der Waals surface area contributed by atoms with Crippen LogP contribution < -0.4 is 4.74 Å². The van der Waals surface area contributed by atoms with Crippen molar-refractivity contribution in [3.63, 3.8) is 0 Å². The highest BCUT2D eigenvalue weighted by molar-refractivity contribution is 8.00. The van der Waals surface area contributed by atoms with E-state index in [2.05, 4.69) is 0 Å². The first kappa shape index (κ1) is 17.0. The summed E-state index contributed by atoms with van der Waals surface area (Å²) >= 11 is 1.46. The molecular formula is C15H20F2N2O2S. The molecule has 1 aromatic carbocycles. The maximum atomic E-state index is 12.3. The van der Waals surface area contributed by atoms with Gasteiger partial charge in [-0.2, -0.15) is 0 Å². The molecule has 1 fully saturated rings. The number of halogens is 2. The lowest BCUT2D eigenvalue weighted by Crippen LogP contribution is -2.50. The van der Waals surface area contributed by atoms with E-state index < -0.39 is 6.43 Å². The molecule has 4 nitrogen and oxygen atoms in total. The second-order valence-corrected chi connectivity index (χ2v) is 6.09. The Morgan fingerprint density at radius 3 is 2.68 bits per heavy atom. The van der Waals surface area contributed by atoms with Crippen LogP contribution in [0.15, 0.2) is 29.2 Å². The van der Waals surface area contributed by atoms with Crippen LogP contribution in [0.3, 0.4) is 0 Å². The van der Waals surface area contributed by atoms with Gasteiger partial charge in [0.05, 0.1) is 19.4 Å². The van der Waals surface area contributed by atoms with Crippen LogP contribution in [0.4, 0.5) is 8.78 Å². The summed E-state index contributed by atoms with van der Waals surface area (Å²) in [5.41, 5.74) is 0. The third-order valence-corrected chi connectivity index (χ3v) is 4.50. The largest absolute Gasteiger partial charge is 0.497 e. The normalized spacial score (nSPS) is 16.1. The Kier molecular flexibility index (Phi) is 6.45. The number of piperazine rings is 1. The van der Waals surface area contributed by atoms with Crippen LogP contribution in [0.2, 0.25) is 0 Å². The Labute approximate surface area is 133 Å². The number of amides is 1. The van der Waals surface area contributed by atoms with Crippen molar-refractivity contribution in [1.29, 1.82) is 0 Å². The Bertz CT molecular complexity index is 494. The van der Waals surface area contributed by atoms with Gasteiger partial charge in [-0.05, 0) is 18.2 Å². The van der Waals surface area contributed by atoms with Crippen molar-refractivity contribution in [2.75, 3.05) is 45.6 Å². The molecule has 0 bridgehead atoms. The summed E-state index contributed by atoms with van der Waals surface area (Å²) in [6, 6.07) is 7.56. The summed E-state index contributed by atoms with van der Waals surface area (Å²) < 4.78 is 29.8. The van der Waals surface area contributed by atoms with Crippen molar-refractivity contribution < 1.29 is 18.3 Å². The van der Waals surface area contributed by atoms with Gasteiger partial charge in [-0.25, -0.2) is 8.78 Å². The fourth-order valence-electron chi connectivity index (χ4n) is 2.30. The van der Waals surface area contributed by atoms with Crippen LogP contribution in [-0.4, -0.2) is 67.7 Å². The zero-order chi connectivity index (χ0) is 15.9. The number of rotatable bonds is 6. The van der Waals surface area contributed by atoms with Crippen molar-refractivity contribution in [2.24, 2.45) is 0 Å². The zero-order valence-electron chi connectivity index (χ0n) is 12.5. The molecule has 0 aliphatic carbocycles. The lowest BCUT2D eigenvalue weighted by atomic mass is 10.3.